The molecule has 0 aliphatic rings. The highest BCUT2D eigenvalue weighted by molar-refractivity contribution is 5.91. The molecule has 0 fully saturated rings. The number of amides is 1. The molecule has 2 N–H and O–H groups in total. The van der Waals surface area contributed by atoms with Crippen LogP contribution in [0.25, 0.3) is 10.8 Å². The molecule has 25 heavy (non-hydrogen) atoms. The number of hydrogen-bond acceptors (Lipinski definition) is 2. The first-order valence-electron chi connectivity index (χ1n) is 8.37. The molecule has 4 nitrogen and oxygen atoms in total. The van der Waals surface area contributed by atoms with Gasteiger partial charge < -0.3 is 15.0 Å². The van der Waals surface area contributed by atoms with Gasteiger partial charge in [-0.1, -0.05) is 42.5 Å². The number of rotatable bonds is 6. The number of hydrogen-bond donors (Lipinski definition) is 2. The summed E-state index contributed by atoms with van der Waals surface area (Å²) in [7, 11) is 3.64. The highest BCUT2D eigenvalue weighted by Gasteiger charge is 2.11. The lowest BCUT2D eigenvalue weighted by molar-refractivity contribution is -0.885. The summed E-state index contributed by atoms with van der Waals surface area (Å²) in [6.07, 6.45) is 0. The third-order valence-electron chi connectivity index (χ3n) is 4.14. The second-order valence-corrected chi connectivity index (χ2v) is 6.27. The lowest BCUT2D eigenvalue weighted by Crippen LogP contribution is -3.08. The van der Waals surface area contributed by atoms with Crippen molar-refractivity contribution >= 4 is 22.4 Å². The Bertz CT molecular complexity index is 876. The van der Waals surface area contributed by atoms with E-state index in [4.69, 9.17) is 4.74 Å². The first kappa shape index (κ1) is 17.0. The number of likely N-dealkylation sites (N-methyl/N-ethyl adjacent to an activating group) is 1. The van der Waals surface area contributed by atoms with Crippen molar-refractivity contribution in [1.82, 2.24) is 0 Å². The van der Waals surface area contributed by atoms with Crippen molar-refractivity contribution in [2.24, 2.45) is 0 Å². The molecule has 0 heterocycles. The van der Waals surface area contributed by atoms with Gasteiger partial charge in [0.1, 0.15) is 12.3 Å². The molecule has 0 aliphatic carbocycles. The van der Waals surface area contributed by atoms with Crippen molar-refractivity contribution in [2.45, 2.75) is 6.54 Å². The Hall–Kier alpha value is -2.85. The van der Waals surface area contributed by atoms with E-state index in [9.17, 15) is 4.79 Å². The van der Waals surface area contributed by atoms with Crippen LogP contribution in [-0.4, -0.2) is 26.6 Å². The van der Waals surface area contributed by atoms with Gasteiger partial charge in [0.15, 0.2) is 6.54 Å². The molecule has 0 aromatic heterocycles. The smallest absolute Gasteiger partial charge is 0.279 e. The van der Waals surface area contributed by atoms with Crippen LogP contribution in [0.1, 0.15) is 5.56 Å². The Morgan fingerprint density at radius 1 is 1.00 bits per heavy atom. The second-order valence-electron chi connectivity index (χ2n) is 6.27. The SMILES string of the molecule is COc1cccc(NC(=O)C[NH+](C)Cc2ccc3ccccc3c2)c1. The zero-order chi connectivity index (χ0) is 17.6. The van der Waals surface area contributed by atoms with Crippen LogP contribution in [0.15, 0.2) is 66.7 Å². The van der Waals surface area contributed by atoms with Crippen molar-refractivity contribution < 1.29 is 14.4 Å². The number of benzene rings is 3. The molecule has 0 saturated heterocycles. The zero-order valence-electron chi connectivity index (χ0n) is 14.6. The molecule has 0 spiro atoms. The summed E-state index contributed by atoms with van der Waals surface area (Å²) < 4.78 is 5.18. The fourth-order valence-electron chi connectivity index (χ4n) is 2.94. The van der Waals surface area contributed by atoms with E-state index in [1.165, 1.54) is 16.3 Å². The van der Waals surface area contributed by atoms with E-state index in [2.05, 4.69) is 35.6 Å². The summed E-state index contributed by atoms with van der Waals surface area (Å²) in [5.41, 5.74) is 1.98. The summed E-state index contributed by atoms with van der Waals surface area (Å²) in [5.74, 6) is 0.723. The van der Waals surface area contributed by atoms with Gasteiger partial charge in [0.2, 0.25) is 0 Å². The van der Waals surface area contributed by atoms with Crippen LogP contribution >= 0.6 is 0 Å². The molecular weight excluding hydrogens is 312 g/mol. The summed E-state index contributed by atoms with van der Waals surface area (Å²) >= 11 is 0. The van der Waals surface area contributed by atoms with Gasteiger partial charge >= 0.3 is 0 Å². The topological polar surface area (TPSA) is 42.8 Å². The van der Waals surface area contributed by atoms with E-state index in [0.717, 1.165) is 22.9 Å². The summed E-state index contributed by atoms with van der Waals surface area (Å²) in [4.78, 5) is 13.4. The molecule has 0 bridgehead atoms. The Balaban J connectivity index is 1.58. The monoisotopic (exact) mass is 335 g/mol. The summed E-state index contributed by atoms with van der Waals surface area (Å²) in [5, 5.41) is 5.39. The van der Waals surface area contributed by atoms with Crippen LogP contribution in [0, 0.1) is 0 Å². The van der Waals surface area contributed by atoms with Crippen LogP contribution in [0.2, 0.25) is 0 Å². The Kier molecular flexibility index (Phi) is 5.31. The fourth-order valence-corrected chi connectivity index (χ4v) is 2.94. The maximum Gasteiger partial charge on any atom is 0.279 e. The molecule has 0 radical (unpaired) electrons. The molecule has 3 aromatic carbocycles. The minimum Gasteiger partial charge on any atom is -0.497 e. The van der Waals surface area contributed by atoms with Crippen molar-refractivity contribution in [3.8, 4) is 5.75 Å². The van der Waals surface area contributed by atoms with E-state index in [1.54, 1.807) is 7.11 Å². The first-order valence-corrected chi connectivity index (χ1v) is 8.37. The fraction of sp³-hybridized carbons (Fsp3) is 0.190. The molecule has 0 aliphatic heterocycles. The molecule has 3 rings (SSSR count). The summed E-state index contributed by atoms with van der Waals surface area (Å²) in [6.45, 7) is 1.21. The summed E-state index contributed by atoms with van der Waals surface area (Å²) in [6, 6.07) is 22.2. The van der Waals surface area contributed by atoms with Crippen molar-refractivity contribution in [3.05, 3.63) is 72.3 Å². The van der Waals surface area contributed by atoms with Gasteiger partial charge in [-0.15, -0.1) is 0 Å². The lowest BCUT2D eigenvalue weighted by atomic mass is 10.1. The predicted octanol–water partition coefficient (Wildman–Crippen LogP) is 2.50. The molecule has 1 amide bonds. The van der Waals surface area contributed by atoms with E-state index in [1.807, 2.05) is 43.4 Å². The van der Waals surface area contributed by atoms with Gasteiger partial charge in [0.05, 0.1) is 14.2 Å². The minimum atomic E-state index is -0.00783. The quantitative estimate of drug-likeness (QED) is 0.727. The Labute approximate surface area is 148 Å². The maximum absolute atomic E-state index is 12.3. The Morgan fingerprint density at radius 2 is 1.80 bits per heavy atom. The van der Waals surface area contributed by atoms with Crippen molar-refractivity contribution in [1.29, 1.82) is 0 Å². The normalized spacial score (nSPS) is 11.9. The average Bonchev–Trinajstić information content (AvgIpc) is 2.61. The number of carbonyl (C=O) groups is 1. The number of carbonyl (C=O) groups excluding carboxylic acids is 1. The standard InChI is InChI=1S/C21H22N2O2/c1-23(14-16-10-11-17-6-3-4-7-18(17)12-16)15-21(24)22-19-8-5-9-20(13-19)25-2/h3-13H,14-15H2,1-2H3,(H,22,24)/p+1. The van der Waals surface area contributed by atoms with Gasteiger partial charge in [-0.3, -0.25) is 4.79 Å². The van der Waals surface area contributed by atoms with E-state index in [-0.39, 0.29) is 5.91 Å². The molecule has 0 saturated carbocycles. The zero-order valence-corrected chi connectivity index (χ0v) is 14.6. The number of methoxy groups -OCH3 is 1. The highest BCUT2D eigenvalue weighted by Crippen LogP contribution is 2.16. The molecule has 1 unspecified atom stereocenters. The molecule has 4 heteroatoms. The largest absolute Gasteiger partial charge is 0.497 e. The number of anilines is 1. The van der Waals surface area contributed by atoms with Crippen LogP contribution in [0.4, 0.5) is 5.69 Å². The number of nitrogens with one attached hydrogen (secondary N) is 2. The van der Waals surface area contributed by atoms with E-state index >= 15 is 0 Å². The molecule has 128 valence electrons. The van der Waals surface area contributed by atoms with E-state index < -0.39 is 0 Å². The number of quaternary nitrogens is 1. The van der Waals surface area contributed by atoms with Gasteiger partial charge in [-0.25, -0.2) is 0 Å². The van der Waals surface area contributed by atoms with Crippen LogP contribution < -0.4 is 15.0 Å². The Morgan fingerprint density at radius 3 is 2.60 bits per heavy atom. The van der Waals surface area contributed by atoms with Crippen molar-refractivity contribution in [3.63, 3.8) is 0 Å². The minimum absolute atomic E-state index is 0.00783. The van der Waals surface area contributed by atoms with Gasteiger partial charge in [-0.2, -0.15) is 0 Å². The van der Waals surface area contributed by atoms with Gasteiger partial charge in [-0.05, 0) is 29.0 Å². The van der Waals surface area contributed by atoms with E-state index in [0.29, 0.717) is 6.54 Å². The third kappa shape index (κ3) is 4.58. The number of ether oxygens (including phenoxy) is 1. The van der Waals surface area contributed by atoms with Crippen LogP contribution in [0.3, 0.4) is 0 Å². The molecular formula is C21H23N2O2+. The van der Waals surface area contributed by atoms with Gasteiger partial charge in [0.25, 0.3) is 5.91 Å². The second kappa shape index (κ2) is 7.81. The third-order valence-corrected chi connectivity index (χ3v) is 4.14. The van der Waals surface area contributed by atoms with Crippen LogP contribution in [-0.2, 0) is 11.3 Å². The van der Waals surface area contributed by atoms with Gasteiger partial charge in [0, 0.05) is 17.3 Å². The van der Waals surface area contributed by atoms with Crippen molar-refractivity contribution in [2.75, 3.05) is 26.0 Å². The molecule has 1 atom stereocenters. The highest BCUT2D eigenvalue weighted by atomic mass is 16.5. The van der Waals surface area contributed by atoms with Crippen LogP contribution in [0.5, 0.6) is 5.75 Å². The average molecular weight is 335 g/mol. The molecule has 3 aromatic rings. The lowest BCUT2D eigenvalue weighted by Gasteiger charge is -2.14. The predicted molar refractivity (Wildman–Crippen MR) is 101 cm³/mol. The first-order chi connectivity index (χ1) is 12.1. The number of fused-ring (bicyclic) bond motifs is 1. The maximum atomic E-state index is 12.3.